The zero-order valence-electron chi connectivity index (χ0n) is 9.73. The van der Waals surface area contributed by atoms with Crippen LogP contribution in [0.15, 0.2) is 0 Å². The van der Waals surface area contributed by atoms with Crippen molar-refractivity contribution >= 4 is 11.8 Å². The Balaban J connectivity index is 3.27. The molecule has 0 aromatic carbocycles. The largest absolute Gasteiger partial charge is 0.351 e. The zero-order valence-corrected chi connectivity index (χ0v) is 9.73. The molecule has 8 heteroatoms. The van der Waals surface area contributed by atoms with Crippen molar-refractivity contribution in [3.63, 3.8) is 0 Å². The topological polar surface area (TPSA) is 58.2 Å². The van der Waals surface area contributed by atoms with Crippen LogP contribution in [-0.2, 0) is 9.59 Å². The molecular weight excluding hydrogens is 256 g/mol. The third-order valence-corrected chi connectivity index (χ3v) is 2.10. The minimum atomic E-state index is -3.01. The van der Waals surface area contributed by atoms with Crippen molar-refractivity contribution in [2.75, 3.05) is 13.1 Å². The van der Waals surface area contributed by atoms with E-state index in [1.807, 2.05) is 10.6 Å². The number of hydrogen-bond acceptors (Lipinski definition) is 2. The molecule has 0 spiro atoms. The van der Waals surface area contributed by atoms with Crippen LogP contribution in [0.3, 0.4) is 0 Å². The van der Waals surface area contributed by atoms with Crippen LogP contribution in [0.2, 0.25) is 0 Å². The Hall–Kier alpha value is -1.34. The molecule has 0 fully saturated rings. The fraction of sp³-hybridized carbons (Fsp3) is 0.800. The molecule has 0 radical (unpaired) electrons. The lowest BCUT2D eigenvalue weighted by molar-refractivity contribution is -0.132. The highest BCUT2D eigenvalue weighted by Gasteiger charge is 2.14. The van der Waals surface area contributed by atoms with E-state index >= 15 is 0 Å². The Labute approximate surface area is 102 Å². The van der Waals surface area contributed by atoms with Gasteiger partial charge in [-0.2, -0.15) is 17.6 Å². The van der Waals surface area contributed by atoms with Gasteiger partial charge in [-0.1, -0.05) is 12.8 Å². The number of rotatable bonds is 9. The summed E-state index contributed by atoms with van der Waals surface area (Å²) >= 11 is 0. The smallest absolute Gasteiger partial charge is 0.315 e. The molecule has 0 heterocycles. The Morgan fingerprint density at radius 2 is 1.06 bits per heavy atom. The number of halogens is 4. The normalized spacial score (nSPS) is 10.8. The molecule has 4 nitrogen and oxygen atoms in total. The highest BCUT2D eigenvalue weighted by atomic mass is 19.3. The van der Waals surface area contributed by atoms with Crippen molar-refractivity contribution in [2.24, 2.45) is 0 Å². The maximum Gasteiger partial charge on any atom is 0.315 e. The summed E-state index contributed by atoms with van der Waals surface area (Å²) in [6, 6.07) is 0. The first kappa shape index (κ1) is 16.7. The van der Waals surface area contributed by atoms with Gasteiger partial charge in [0.15, 0.2) is 0 Å². The van der Waals surface area contributed by atoms with Crippen LogP contribution in [-0.4, -0.2) is 37.8 Å². The molecule has 0 aliphatic heterocycles. The fourth-order valence-electron chi connectivity index (χ4n) is 1.18. The lowest BCUT2D eigenvalue weighted by Crippen LogP contribution is -2.30. The summed E-state index contributed by atoms with van der Waals surface area (Å²) in [6.07, 6.45) is -3.63. The summed E-state index contributed by atoms with van der Waals surface area (Å²) in [5.41, 5.74) is 0. The summed E-state index contributed by atoms with van der Waals surface area (Å²) < 4.78 is 46.9. The van der Waals surface area contributed by atoms with Gasteiger partial charge in [-0.3, -0.25) is 9.59 Å². The van der Waals surface area contributed by atoms with Crippen LogP contribution in [0, 0.1) is 0 Å². The number of unbranched alkanes of at least 4 members (excludes halogenated alkanes) is 3. The van der Waals surface area contributed by atoms with Gasteiger partial charge >= 0.3 is 12.9 Å². The summed E-state index contributed by atoms with van der Waals surface area (Å²) in [5, 5.41) is 4.10. The molecule has 0 aliphatic rings. The molecule has 0 rings (SSSR count). The SMILES string of the molecule is O=C(NCCCCCCNC(=O)C(F)F)C(F)F. The van der Waals surface area contributed by atoms with Gasteiger partial charge in [-0.05, 0) is 12.8 Å². The second kappa shape index (κ2) is 9.67. The molecule has 2 N–H and O–H groups in total. The molecule has 0 aromatic rings. The number of nitrogens with one attached hydrogen (secondary N) is 2. The number of alkyl halides is 4. The van der Waals surface area contributed by atoms with Gasteiger partial charge in [0.25, 0.3) is 11.8 Å². The first-order chi connectivity index (χ1) is 8.45. The summed E-state index contributed by atoms with van der Waals surface area (Å²) in [6.45, 7) is 0.319. The third-order valence-electron chi connectivity index (χ3n) is 2.10. The Bertz CT molecular complexity index is 236. The highest BCUT2D eigenvalue weighted by molar-refractivity contribution is 5.79. The Morgan fingerprint density at radius 1 is 0.722 bits per heavy atom. The third kappa shape index (κ3) is 8.77. The fourth-order valence-corrected chi connectivity index (χ4v) is 1.18. The van der Waals surface area contributed by atoms with Crippen LogP contribution in [0.5, 0.6) is 0 Å². The number of carbonyl (C=O) groups is 2. The monoisotopic (exact) mass is 272 g/mol. The second-order valence-electron chi connectivity index (χ2n) is 3.60. The molecule has 0 aromatic heterocycles. The number of amides is 2. The van der Waals surface area contributed by atoms with Gasteiger partial charge in [-0.25, -0.2) is 0 Å². The first-order valence-electron chi connectivity index (χ1n) is 5.57. The van der Waals surface area contributed by atoms with Crippen molar-refractivity contribution in [1.82, 2.24) is 10.6 Å². The molecule has 0 aliphatic carbocycles. The number of carbonyl (C=O) groups excluding carboxylic acids is 2. The van der Waals surface area contributed by atoms with E-state index in [9.17, 15) is 27.2 Å². The van der Waals surface area contributed by atoms with Gasteiger partial charge in [-0.15, -0.1) is 0 Å². The maximum absolute atomic E-state index is 11.7. The van der Waals surface area contributed by atoms with Gasteiger partial charge in [0, 0.05) is 13.1 Å². The van der Waals surface area contributed by atoms with Crippen LogP contribution in [0.4, 0.5) is 17.6 Å². The predicted molar refractivity (Wildman–Crippen MR) is 56.5 cm³/mol. The maximum atomic E-state index is 11.7. The van der Waals surface area contributed by atoms with Crippen LogP contribution < -0.4 is 10.6 Å². The van der Waals surface area contributed by atoms with Crippen LogP contribution in [0.1, 0.15) is 25.7 Å². The molecule has 0 unspecified atom stereocenters. The van der Waals surface area contributed by atoms with E-state index in [1.54, 1.807) is 0 Å². The van der Waals surface area contributed by atoms with Crippen LogP contribution in [0.25, 0.3) is 0 Å². The quantitative estimate of drug-likeness (QED) is 0.491. The average molecular weight is 272 g/mol. The van der Waals surface area contributed by atoms with E-state index < -0.39 is 24.7 Å². The molecule has 18 heavy (non-hydrogen) atoms. The molecular formula is C10H16F4N2O2. The van der Waals surface area contributed by atoms with E-state index in [-0.39, 0.29) is 13.1 Å². The van der Waals surface area contributed by atoms with E-state index in [0.717, 1.165) is 0 Å². The average Bonchev–Trinajstić information content (AvgIpc) is 2.31. The molecule has 0 atom stereocenters. The molecule has 0 saturated heterocycles. The van der Waals surface area contributed by atoms with Crippen molar-refractivity contribution < 1.29 is 27.2 Å². The zero-order chi connectivity index (χ0) is 14.0. The minimum absolute atomic E-state index is 0.159. The minimum Gasteiger partial charge on any atom is -0.351 e. The highest BCUT2D eigenvalue weighted by Crippen LogP contribution is 1.99. The molecule has 106 valence electrons. The van der Waals surface area contributed by atoms with E-state index in [2.05, 4.69) is 0 Å². The van der Waals surface area contributed by atoms with E-state index in [0.29, 0.717) is 25.7 Å². The van der Waals surface area contributed by atoms with Gasteiger partial charge in [0.2, 0.25) is 0 Å². The van der Waals surface area contributed by atoms with E-state index in [1.165, 1.54) is 0 Å². The Morgan fingerprint density at radius 3 is 1.33 bits per heavy atom. The Kier molecular flexibility index (Phi) is 8.95. The standard InChI is InChI=1S/C10H16F4N2O2/c11-7(12)9(17)15-5-3-1-2-4-6-16-10(18)8(13)14/h7-8H,1-6H2,(H,15,17)(H,16,18). The molecule has 2 amide bonds. The lowest BCUT2D eigenvalue weighted by atomic mass is 10.2. The molecule has 0 saturated carbocycles. The summed E-state index contributed by atoms with van der Waals surface area (Å²) in [7, 11) is 0. The lowest BCUT2D eigenvalue weighted by Gasteiger charge is -2.05. The van der Waals surface area contributed by atoms with Crippen molar-refractivity contribution in [3.8, 4) is 0 Å². The molecule has 0 bridgehead atoms. The van der Waals surface area contributed by atoms with E-state index in [4.69, 9.17) is 0 Å². The van der Waals surface area contributed by atoms with Crippen molar-refractivity contribution in [1.29, 1.82) is 0 Å². The van der Waals surface area contributed by atoms with Gasteiger partial charge in [0.1, 0.15) is 0 Å². The summed E-state index contributed by atoms with van der Waals surface area (Å²) in [5.74, 6) is -2.58. The number of hydrogen-bond donors (Lipinski definition) is 2. The van der Waals surface area contributed by atoms with Gasteiger partial charge in [0.05, 0.1) is 0 Å². The van der Waals surface area contributed by atoms with Crippen molar-refractivity contribution in [2.45, 2.75) is 38.5 Å². The first-order valence-corrected chi connectivity index (χ1v) is 5.57. The summed E-state index contributed by atoms with van der Waals surface area (Å²) in [4.78, 5) is 20.9. The van der Waals surface area contributed by atoms with Crippen molar-refractivity contribution in [3.05, 3.63) is 0 Å². The second-order valence-corrected chi connectivity index (χ2v) is 3.60. The van der Waals surface area contributed by atoms with Crippen LogP contribution >= 0.6 is 0 Å². The van der Waals surface area contributed by atoms with Gasteiger partial charge < -0.3 is 10.6 Å². The predicted octanol–water partition coefficient (Wildman–Crippen LogP) is 1.31.